The van der Waals surface area contributed by atoms with E-state index in [1.807, 2.05) is 31.2 Å². The Labute approximate surface area is 168 Å². The lowest BCUT2D eigenvalue weighted by Crippen LogP contribution is -2.40. The zero-order valence-electron chi connectivity index (χ0n) is 16.4. The summed E-state index contributed by atoms with van der Waals surface area (Å²) in [6.07, 6.45) is 0.695. The van der Waals surface area contributed by atoms with Gasteiger partial charge in [0.05, 0.1) is 36.3 Å². The van der Waals surface area contributed by atoms with Gasteiger partial charge in [0.15, 0.2) is 5.17 Å². The number of hydrogen-bond acceptors (Lipinski definition) is 7. The number of esters is 1. The molecule has 0 N–H and O–H groups in total. The Morgan fingerprint density at radius 3 is 2.54 bits per heavy atom. The van der Waals surface area contributed by atoms with Crippen LogP contribution < -0.4 is 4.74 Å². The third-order valence-corrected chi connectivity index (χ3v) is 6.01. The quantitative estimate of drug-likeness (QED) is 0.514. The maximum absolute atomic E-state index is 13.0. The Morgan fingerprint density at radius 2 is 1.93 bits per heavy atom. The first-order valence-corrected chi connectivity index (χ1v) is 9.99. The van der Waals surface area contributed by atoms with Crippen molar-refractivity contribution < 1.29 is 23.8 Å². The van der Waals surface area contributed by atoms with Crippen molar-refractivity contribution in [3.8, 4) is 5.75 Å². The van der Waals surface area contributed by atoms with Gasteiger partial charge in [0.2, 0.25) is 5.91 Å². The minimum atomic E-state index is -0.579. The van der Waals surface area contributed by atoms with Crippen LogP contribution in [0.4, 0.5) is 0 Å². The first-order chi connectivity index (χ1) is 13.5. The van der Waals surface area contributed by atoms with E-state index in [-0.39, 0.29) is 17.8 Å². The minimum Gasteiger partial charge on any atom is -0.497 e. The van der Waals surface area contributed by atoms with Crippen LogP contribution in [-0.2, 0) is 19.1 Å². The summed E-state index contributed by atoms with van der Waals surface area (Å²) in [6.45, 7) is 4.18. The molecule has 28 heavy (non-hydrogen) atoms. The second-order valence-corrected chi connectivity index (χ2v) is 7.59. The third kappa shape index (κ3) is 3.79. The van der Waals surface area contributed by atoms with Gasteiger partial charge in [0.1, 0.15) is 12.4 Å². The number of carbonyl (C=O) groups excluding carboxylic acids is 2. The number of fused-ring (bicyclic) bond motifs is 1. The van der Waals surface area contributed by atoms with E-state index in [0.29, 0.717) is 35.2 Å². The van der Waals surface area contributed by atoms with Crippen LogP contribution in [0.3, 0.4) is 0 Å². The van der Waals surface area contributed by atoms with Crippen molar-refractivity contribution in [3.63, 3.8) is 0 Å². The van der Waals surface area contributed by atoms with Gasteiger partial charge in [-0.1, -0.05) is 30.8 Å². The van der Waals surface area contributed by atoms with Gasteiger partial charge in [-0.05, 0) is 31.0 Å². The first-order valence-electron chi connectivity index (χ1n) is 9.11. The molecule has 1 aromatic rings. The van der Waals surface area contributed by atoms with E-state index in [1.54, 1.807) is 26.0 Å². The summed E-state index contributed by atoms with van der Waals surface area (Å²) in [5.74, 6) is 0.171. The molecule has 0 aliphatic carbocycles. The predicted octanol–water partition coefficient (Wildman–Crippen LogP) is 2.92. The van der Waals surface area contributed by atoms with Crippen LogP contribution >= 0.6 is 11.8 Å². The average molecular weight is 404 g/mol. The molecule has 2 atom stereocenters. The molecule has 0 unspecified atom stereocenters. The van der Waals surface area contributed by atoms with Crippen LogP contribution in [0, 0.1) is 0 Å². The maximum atomic E-state index is 13.0. The molecule has 0 saturated carbocycles. The standard InChI is InChI=1S/C20H24N2O5S/c1-5-15-18(23)22-17(13-6-8-14(26-4)9-7-13)16(12(2)21-20(22)28-15)19(24)27-11-10-25-3/h6-9,15,17H,5,10-11H2,1-4H3/t15-,17-/m0/s1. The lowest BCUT2D eigenvalue weighted by atomic mass is 9.94. The van der Waals surface area contributed by atoms with Gasteiger partial charge >= 0.3 is 5.97 Å². The van der Waals surface area contributed by atoms with Gasteiger partial charge < -0.3 is 14.2 Å². The van der Waals surface area contributed by atoms with E-state index in [2.05, 4.69) is 4.99 Å². The Hall–Kier alpha value is -2.32. The Morgan fingerprint density at radius 1 is 1.21 bits per heavy atom. The van der Waals surface area contributed by atoms with Crippen molar-refractivity contribution >= 4 is 28.8 Å². The van der Waals surface area contributed by atoms with Gasteiger partial charge in [-0.25, -0.2) is 9.79 Å². The molecule has 1 fully saturated rings. The van der Waals surface area contributed by atoms with Crippen molar-refractivity contribution in [1.29, 1.82) is 0 Å². The Balaban J connectivity index is 2.03. The van der Waals surface area contributed by atoms with E-state index in [9.17, 15) is 9.59 Å². The number of hydrogen-bond donors (Lipinski definition) is 0. The molecular formula is C20H24N2O5S. The number of allylic oxidation sites excluding steroid dienone is 1. The van der Waals surface area contributed by atoms with E-state index in [4.69, 9.17) is 14.2 Å². The summed E-state index contributed by atoms with van der Waals surface area (Å²) in [5.41, 5.74) is 1.74. The number of carbonyl (C=O) groups is 2. The topological polar surface area (TPSA) is 77.4 Å². The molecule has 0 radical (unpaired) electrons. The lowest BCUT2D eigenvalue weighted by Gasteiger charge is -2.33. The van der Waals surface area contributed by atoms with E-state index >= 15 is 0 Å². The number of nitrogens with zero attached hydrogens (tertiary/aromatic N) is 2. The first kappa shape index (κ1) is 20.4. The van der Waals surface area contributed by atoms with Crippen molar-refractivity contribution in [3.05, 3.63) is 41.1 Å². The number of rotatable bonds is 7. The van der Waals surface area contributed by atoms with Crippen LogP contribution in [0.1, 0.15) is 31.9 Å². The largest absolute Gasteiger partial charge is 0.497 e. The van der Waals surface area contributed by atoms with Crippen molar-refractivity contribution in [2.45, 2.75) is 31.6 Å². The molecule has 1 amide bonds. The summed E-state index contributed by atoms with van der Waals surface area (Å²) in [7, 11) is 3.14. The molecule has 0 bridgehead atoms. The average Bonchev–Trinajstić information content (AvgIpc) is 3.02. The van der Waals surface area contributed by atoms with E-state index < -0.39 is 12.0 Å². The number of ether oxygens (including phenoxy) is 3. The van der Waals surface area contributed by atoms with Crippen LogP contribution in [0.2, 0.25) is 0 Å². The summed E-state index contributed by atoms with van der Waals surface area (Å²) < 4.78 is 15.6. The van der Waals surface area contributed by atoms with Gasteiger partial charge in [0.25, 0.3) is 0 Å². The van der Waals surface area contributed by atoms with Crippen molar-refractivity contribution in [2.75, 3.05) is 27.4 Å². The summed E-state index contributed by atoms with van der Waals surface area (Å²) in [4.78, 5) is 32.0. The molecule has 0 aromatic heterocycles. The monoisotopic (exact) mass is 404 g/mol. The third-order valence-electron chi connectivity index (χ3n) is 4.69. The normalized spacial score (nSPS) is 21.5. The van der Waals surface area contributed by atoms with Gasteiger partial charge in [0, 0.05) is 7.11 Å². The molecule has 3 rings (SSSR count). The molecular weight excluding hydrogens is 380 g/mol. The highest BCUT2D eigenvalue weighted by molar-refractivity contribution is 8.15. The van der Waals surface area contributed by atoms with E-state index in [1.165, 1.54) is 11.8 Å². The molecule has 2 heterocycles. The summed E-state index contributed by atoms with van der Waals surface area (Å²) in [6, 6.07) is 6.77. The highest BCUT2D eigenvalue weighted by Gasteiger charge is 2.47. The predicted molar refractivity (Wildman–Crippen MR) is 107 cm³/mol. The molecule has 0 spiro atoms. The summed E-state index contributed by atoms with van der Waals surface area (Å²) >= 11 is 1.44. The number of amidine groups is 1. The number of benzene rings is 1. The van der Waals surface area contributed by atoms with Gasteiger partial charge in [-0.3, -0.25) is 9.69 Å². The number of methoxy groups -OCH3 is 2. The maximum Gasteiger partial charge on any atom is 0.338 e. The zero-order chi connectivity index (χ0) is 20.3. The van der Waals surface area contributed by atoms with Crippen molar-refractivity contribution in [1.82, 2.24) is 4.90 Å². The van der Waals surface area contributed by atoms with E-state index in [0.717, 1.165) is 5.56 Å². The Kier molecular flexibility index (Phi) is 6.41. The highest BCUT2D eigenvalue weighted by Crippen LogP contribution is 2.44. The molecule has 1 aromatic carbocycles. The fourth-order valence-electron chi connectivity index (χ4n) is 3.25. The highest BCUT2D eigenvalue weighted by atomic mass is 32.2. The number of thioether (sulfide) groups is 1. The fourth-order valence-corrected chi connectivity index (χ4v) is 4.38. The van der Waals surface area contributed by atoms with Crippen LogP contribution in [0.15, 0.2) is 40.5 Å². The second kappa shape index (κ2) is 8.79. The molecule has 7 nitrogen and oxygen atoms in total. The molecule has 1 saturated heterocycles. The molecule has 8 heteroatoms. The zero-order valence-corrected chi connectivity index (χ0v) is 17.2. The van der Waals surface area contributed by atoms with Crippen LogP contribution in [0.25, 0.3) is 0 Å². The minimum absolute atomic E-state index is 0.0400. The Bertz CT molecular complexity index is 818. The van der Waals surface area contributed by atoms with Crippen LogP contribution in [0.5, 0.6) is 5.75 Å². The SMILES string of the molecule is CC[C@@H]1SC2=NC(C)=C(C(=O)OCCOC)[C@H](c3ccc(OC)cc3)N2C1=O. The summed E-state index contributed by atoms with van der Waals surface area (Å²) in [5, 5.41) is 0.430. The van der Waals surface area contributed by atoms with Gasteiger partial charge in [-0.2, -0.15) is 0 Å². The smallest absolute Gasteiger partial charge is 0.338 e. The number of amides is 1. The lowest BCUT2D eigenvalue weighted by molar-refractivity contribution is -0.141. The van der Waals surface area contributed by atoms with Crippen LogP contribution in [-0.4, -0.2) is 54.6 Å². The molecule has 2 aliphatic rings. The van der Waals surface area contributed by atoms with Crippen molar-refractivity contribution in [2.24, 2.45) is 4.99 Å². The molecule has 2 aliphatic heterocycles. The van der Waals surface area contributed by atoms with Gasteiger partial charge in [-0.15, -0.1) is 0 Å². The second-order valence-electron chi connectivity index (χ2n) is 6.42. The number of aliphatic imine (C=N–C) groups is 1. The molecule has 150 valence electrons. The fraction of sp³-hybridized carbons (Fsp3) is 0.450.